The molecule has 35 heavy (non-hydrogen) atoms. The number of halogens is 2. The predicted molar refractivity (Wildman–Crippen MR) is 137 cm³/mol. The Bertz CT molecular complexity index is 1420. The molecule has 0 fully saturated rings. The van der Waals surface area contributed by atoms with Gasteiger partial charge in [-0.3, -0.25) is 4.79 Å². The molecule has 0 radical (unpaired) electrons. The summed E-state index contributed by atoms with van der Waals surface area (Å²) in [5, 5.41) is 13.9. The molecule has 1 unspecified atom stereocenters. The van der Waals surface area contributed by atoms with E-state index in [2.05, 4.69) is 28.3 Å². The number of nitrogens with one attached hydrogen (secondary N) is 1. The number of aliphatic hydroxyl groups is 1. The molecule has 2 aromatic carbocycles. The van der Waals surface area contributed by atoms with Crippen LogP contribution >= 0.6 is 22.7 Å². The summed E-state index contributed by atoms with van der Waals surface area (Å²) < 4.78 is 25.6. The number of hydrogen-bond acceptors (Lipinski definition) is 5. The summed E-state index contributed by atoms with van der Waals surface area (Å²) in [6.07, 6.45) is 0.502. The summed E-state index contributed by atoms with van der Waals surface area (Å²) in [6, 6.07) is 15.5. The number of thiophene rings is 2. The zero-order valence-electron chi connectivity index (χ0n) is 19.0. The van der Waals surface area contributed by atoms with E-state index in [1.165, 1.54) is 53.3 Å². The van der Waals surface area contributed by atoms with Gasteiger partial charge in [0, 0.05) is 16.0 Å². The van der Waals surface area contributed by atoms with Crippen molar-refractivity contribution in [2.24, 2.45) is 0 Å². The highest BCUT2D eigenvalue weighted by Gasteiger charge is 2.20. The highest BCUT2D eigenvalue weighted by atomic mass is 32.1. The number of nitrogens with zero attached hydrogens (tertiary/aromatic N) is 1. The van der Waals surface area contributed by atoms with Gasteiger partial charge in [0.2, 0.25) is 0 Å². The van der Waals surface area contributed by atoms with Crippen molar-refractivity contribution in [3.8, 4) is 21.8 Å². The first-order valence-electron chi connectivity index (χ1n) is 10.7. The van der Waals surface area contributed by atoms with Gasteiger partial charge in [0.1, 0.15) is 11.6 Å². The van der Waals surface area contributed by atoms with Crippen molar-refractivity contribution in [1.82, 2.24) is 9.97 Å². The number of aliphatic hydroxyl groups excluding tert-OH is 1. The first-order chi connectivity index (χ1) is 16.8. The van der Waals surface area contributed by atoms with E-state index in [-0.39, 0.29) is 5.82 Å². The molecule has 2 N–H and O–H groups in total. The van der Waals surface area contributed by atoms with E-state index in [0.717, 1.165) is 27.4 Å². The molecule has 3 heterocycles. The zero-order chi connectivity index (χ0) is 24.9. The second-order valence-electron chi connectivity index (χ2n) is 7.92. The third kappa shape index (κ3) is 5.97. The molecule has 5 aromatic rings. The number of Topliss-reactive ketones (excluding diaryl/α,β-unsaturated/α-hetero) is 1. The van der Waals surface area contributed by atoms with Crippen LogP contribution in [0, 0.1) is 25.5 Å². The van der Waals surface area contributed by atoms with Crippen LogP contribution in [-0.2, 0) is 0 Å². The molecule has 0 aliphatic carbocycles. The number of hydrogen-bond donors (Lipinski definition) is 2. The van der Waals surface area contributed by atoms with Crippen LogP contribution in [0.15, 0.2) is 77.8 Å². The van der Waals surface area contributed by atoms with E-state index in [1.54, 1.807) is 35.9 Å². The summed E-state index contributed by atoms with van der Waals surface area (Å²) in [5.41, 5.74) is 5.31. The molecule has 0 amide bonds. The number of imidazole rings is 1. The first kappa shape index (κ1) is 24.7. The lowest BCUT2D eigenvalue weighted by molar-refractivity contribution is 0.0753. The summed E-state index contributed by atoms with van der Waals surface area (Å²) >= 11 is 3.01. The Morgan fingerprint density at radius 3 is 2.09 bits per heavy atom. The summed E-state index contributed by atoms with van der Waals surface area (Å²) in [7, 11) is 0. The van der Waals surface area contributed by atoms with Crippen LogP contribution in [0.25, 0.3) is 21.8 Å². The largest absolute Gasteiger partial charge is 0.379 e. The molecule has 4 nitrogen and oxygen atoms in total. The molecule has 5 rings (SSSR count). The number of rotatable bonds is 5. The third-order valence-electron chi connectivity index (χ3n) is 5.13. The van der Waals surface area contributed by atoms with E-state index in [0.29, 0.717) is 10.4 Å². The average molecular weight is 509 g/mol. The Morgan fingerprint density at radius 1 is 0.914 bits per heavy atom. The van der Waals surface area contributed by atoms with Crippen LogP contribution in [0.2, 0.25) is 0 Å². The van der Waals surface area contributed by atoms with Crippen molar-refractivity contribution in [2.75, 3.05) is 0 Å². The van der Waals surface area contributed by atoms with Crippen molar-refractivity contribution in [1.29, 1.82) is 0 Å². The summed E-state index contributed by atoms with van der Waals surface area (Å²) in [6.45, 7) is 3.96. The first-order valence-corrected chi connectivity index (χ1v) is 12.5. The summed E-state index contributed by atoms with van der Waals surface area (Å²) in [4.78, 5) is 21.1. The van der Waals surface area contributed by atoms with E-state index >= 15 is 0 Å². The third-order valence-corrected chi connectivity index (χ3v) is 7.30. The fourth-order valence-corrected chi connectivity index (χ4v) is 5.16. The molecule has 0 spiro atoms. The Hall–Kier alpha value is -3.46. The van der Waals surface area contributed by atoms with Crippen molar-refractivity contribution in [3.05, 3.63) is 111 Å². The van der Waals surface area contributed by atoms with Gasteiger partial charge in [-0.25, -0.2) is 13.8 Å². The Morgan fingerprint density at radius 2 is 1.51 bits per heavy atom. The predicted octanol–water partition coefficient (Wildman–Crippen LogP) is 7.36. The van der Waals surface area contributed by atoms with Crippen molar-refractivity contribution < 1.29 is 18.7 Å². The fraction of sp³-hybridized carbons (Fsp3) is 0.111. The van der Waals surface area contributed by atoms with E-state index in [9.17, 15) is 18.7 Å². The lowest BCUT2D eigenvalue weighted by Gasteiger charge is -2.07. The second kappa shape index (κ2) is 10.9. The average Bonchev–Trinajstić information content (AvgIpc) is 3.60. The molecule has 0 bridgehead atoms. The Kier molecular flexibility index (Phi) is 7.65. The Balaban J connectivity index is 0.000000165. The van der Waals surface area contributed by atoms with Gasteiger partial charge in [0.15, 0.2) is 11.9 Å². The number of H-pyrrole nitrogens is 1. The van der Waals surface area contributed by atoms with Crippen molar-refractivity contribution >= 4 is 28.5 Å². The van der Waals surface area contributed by atoms with Gasteiger partial charge in [-0.2, -0.15) is 0 Å². The topological polar surface area (TPSA) is 66.0 Å². The lowest BCUT2D eigenvalue weighted by Crippen LogP contribution is -2.10. The number of aromatic amines is 1. The van der Waals surface area contributed by atoms with Crippen LogP contribution in [0.4, 0.5) is 8.78 Å². The molecule has 0 aliphatic rings. The molecule has 0 saturated heterocycles. The molecular formula is C27H22F2N2O2S2. The maximum absolute atomic E-state index is 12.9. The number of aryl methyl sites for hydroxylation is 2. The molecule has 178 valence electrons. The molecule has 8 heteroatoms. The highest BCUT2D eigenvalue weighted by Crippen LogP contribution is 2.33. The standard InChI is InChI=1S/C14H11FN2S.C13H11FO2S/c1-9-6-12(18-7-9)14-13(16-8-17-14)10-2-4-11(15)5-3-10;1-8-6-11(17-7-8)13(16)12(15)9-2-4-10(14)5-3-9/h2-8H,1H3,(H,16,17);2-7,13,16H,1H3. The smallest absolute Gasteiger partial charge is 0.196 e. The van der Waals surface area contributed by atoms with Crippen LogP contribution in [0.5, 0.6) is 0 Å². The van der Waals surface area contributed by atoms with Gasteiger partial charge in [-0.15, -0.1) is 22.7 Å². The minimum Gasteiger partial charge on any atom is -0.379 e. The zero-order valence-corrected chi connectivity index (χ0v) is 20.6. The molecule has 0 saturated carbocycles. The van der Waals surface area contributed by atoms with Crippen molar-refractivity contribution in [3.63, 3.8) is 0 Å². The number of carbonyl (C=O) groups excluding carboxylic acids is 1. The maximum Gasteiger partial charge on any atom is 0.196 e. The van der Waals surface area contributed by atoms with Crippen molar-refractivity contribution in [2.45, 2.75) is 20.0 Å². The molecule has 1 atom stereocenters. The molecule has 3 aromatic heterocycles. The van der Waals surface area contributed by atoms with Crippen LogP contribution < -0.4 is 0 Å². The number of ketones is 1. The van der Waals surface area contributed by atoms with Gasteiger partial charge in [0.25, 0.3) is 0 Å². The highest BCUT2D eigenvalue weighted by molar-refractivity contribution is 7.13. The van der Waals surface area contributed by atoms with Gasteiger partial charge < -0.3 is 10.1 Å². The number of benzene rings is 2. The van der Waals surface area contributed by atoms with Crippen LogP contribution in [-0.4, -0.2) is 20.9 Å². The van der Waals surface area contributed by atoms with E-state index < -0.39 is 17.7 Å². The lowest BCUT2D eigenvalue weighted by atomic mass is 10.0. The monoisotopic (exact) mass is 508 g/mol. The quantitative estimate of drug-likeness (QED) is 0.244. The minimum absolute atomic E-state index is 0.234. The fourth-order valence-electron chi connectivity index (χ4n) is 3.37. The van der Waals surface area contributed by atoms with E-state index in [4.69, 9.17) is 0 Å². The van der Waals surface area contributed by atoms with E-state index in [1.807, 2.05) is 12.3 Å². The molecule has 0 aliphatic heterocycles. The number of carbonyl (C=O) groups is 1. The Labute approximate surface area is 209 Å². The second-order valence-corrected chi connectivity index (χ2v) is 9.78. The minimum atomic E-state index is -1.17. The van der Waals surface area contributed by atoms with Gasteiger partial charge >= 0.3 is 0 Å². The maximum atomic E-state index is 12.9. The SMILES string of the molecule is Cc1csc(-c2[nH]cnc2-c2ccc(F)cc2)c1.Cc1csc(C(O)C(=O)c2ccc(F)cc2)c1. The van der Waals surface area contributed by atoms with Crippen LogP contribution in [0.1, 0.15) is 32.5 Å². The normalized spacial score (nSPS) is 11.6. The summed E-state index contributed by atoms with van der Waals surface area (Å²) in [5.74, 6) is -1.04. The van der Waals surface area contributed by atoms with Gasteiger partial charge in [-0.05, 0) is 96.4 Å². The van der Waals surface area contributed by atoms with Gasteiger partial charge in [-0.1, -0.05) is 0 Å². The van der Waals surface area contributed by atoms with Crippen LogP contribution in [0.3, 0.4) is 0 Å². The van der Waals surface area contributed by atoms with Gasteiger partial charge in [0.05, 0.1) is 22.6 Å². The number of aromatic nitrogens is 2. The molecular weight excluding hydrogens is 486 g/mol.